The first-order chi connectivity index (χ1) is 13.5. The fourth-order valence-electron chi connectivity index (χ4n) is 3.07. The zero-order chi connectivity index (χ0) is 21.9. The highest BCUT2D eigenvalue weighted by Crippen LogP contribution is 2.27. The van der Waals surface area contributed by atoms with E-state index in [-0.39, 0.29) is 13.2 Å². The zero-order valence-corrected chi connectivity index (χ0v) is 16.3. The third-order valence-electron chi connectivity index (χ3n) is 4.97. The molecule has 172 valence electrons. The SMILES string of the molecule is CC(C)(CO[C@@H]1OC(CO)[C@@H](O)[C@H](O)C1O)CO[C@@H]1OC(CO)[C@@H](O)[C@H](O)C1O. The van der Waals surface area contributed by atoms with Crippen molar-refractivity contribution in [1.29, 1.82) is 0 Å². The van der Waals surface area contributed by atoms with Gasteiger partial charge in [0.15, 0.2) is 12.6 Å². The minimum atomic E-state index is -1.56. The normalized spacial score (nSPS) is 44.1. The van der Waals surface area contributed by atoms with Crippen LogP contribution in [0.3, 0.4) is 0 Å². The van der Waals surface area contributed by atoms with E-state index in [1.165, 1.54) is 0 Å². The molecule has 0 bridgehead atoms. The maximum Gasteiger partial charge on any atom is 0.186 e. The lowest BCUT2D eigenvalue weighted by Gasteiger charge is -2.42. The molecule has 2 rings (SSSR count). The molecule has 0 saturated carbocycles. The second-order valence-electron chi connectivity index (χ2n) is 8.18. The molecule has 12 heteroatoms. The Labute approximate surface area is 167 Å². The number of hydrogen-bond acceptors (Lipinski definition) is 12. The van der Waals surface area contributed by atoms with Gasteiger partial charge in [0.25, 0.3) is 0 Å². The Bertz CT molecular complexity index is 459. The van der Waals surface area contributed by atoms with Gasteiger partial charge in [-0.3, -0.25) is 0 Å². The summed E-state index contributed by atoms with van der Waals surface area (Å²) in [5.74, 6) is 0. The van der Waals surface area contributed by atoms with E-state index in [4.69, 9.17) is 18.9 Å². The average Bonchev–Trinajstić information content (AvgIpc) is 2.69. The minimum Gasteiger partial charge on any atom is -0.394 e. The highest BCUT2D eigenvalue weighted by atomic mass is 16.7. The van der Waals surface area contributed by atoms with Crippen LogP contribution in [0.2, 0.25) is 0 Å². The smallest absolute Gasteiger partial charge is 0.186 e. The standard InChI is InChI=1S/C17H32O12/c1-17(2,5-26-15-13(24)11(22)9(20)7(3-18)28-15)6-27-16-14(25)12(23)10(21)8(4-19)29-16/h7-16,18-25H,3-6H2,1-2H3/t7?,8?,9-,10-,11+,12+,13?,14?,15-,16-/m1/s1. The summed E-state index contributed by atoms with van der Waals surface area (Å²) in [6.07, 6.45) is -13.9. The van der Waals surface area contributed by atoms with E-state index in [9.17, 15) is 40.9 Å². The predicted octanol–water partition coefficient (Wildman–Crippen LogP) is -4.35. The maximum absolute atomic E-state index is 10.00. The van der Waals surface area contributed by atoms with Crippen LogP contribution in [0.15, 0.2) is 0 Å². The van der Waals surface area contributed by atoms with Crippen molar-refractivity contribution in [2.75, 3.05) is 26.4 Å². The maximum atomic E-state index is 10.00. The van der Waals surface area contributed by atoms with E-state index in [1.807, 2.05) is 0 Å². The van der Waals surface area contributed by atoms with Gasteiger partial charge in [0.1, 0.15) is 48.8 Å². The molecule has 0 spiro atoms. The van der Waals surface area contributed by atoms with Crippen LogP contribution in [0, 0.1) is 5.41 Å². The number of rotatable bonds is 8. The number of hydrogen-bond donors (Lipinski definition) is 8. The highest BCUT2D eigenvalue weighted by molar-refractivity contribution is 4.90. The molecule has 4 unspecified atom stereocenters. The lowest BCUT2D eigenvalue weighted by molar-refractivity contribution is -0.316. The van der Waals surface area contributed by atoms with Crippen molar-refractivity contribution in [3.63, 3.8) is 0 Å². The van der Waals surface area contributed by atoms with Gasteiger partial charge in [0, 0.05) is 5.41 Å². The van der Waals surface area contributed by atoms with E-state index < -0.39 is 80.0 Å². The second kappa shape index (κ2) is 10.2. The van der Waals surface area contributed by atoms with E-state index in [2.05, 4.69) is 0 Å². The van der Waals surface area contributed by atoms with Gasteiger partial charge < -0.3 is 59.8 Å². The number of aliphatic hydroxyl groups excluding tert-OH is 8. The summed E-state index contributed by atoms with van der Waals surface area (Å²) in [6.45, 7) is 2.20. The molecule has 0 aromatic heterocycles. The fourth-order valence-corrected chi connectivity index (χ4v) is 3.07. The summed E-state index contributed by atoms with van der Waals surface area (Å²) in [6, 6.07) is 0. The van der Waals surface area contributed by atoms with E-state index in [0.29, 0.717) is 0 Å². The molecule has 2 aliphatic rings. The molecule has 2 saturated heterocycles. The van der Waals surface area contributed by atoms with Gasteiger partial charge in [-0.05, 0) is 0 Å². The van der Waals surface area contributed by atoms with Crippen LogP contribution in [-0.4, -0.2) is 129 Å². The molecule has 12 nitrogen and oxygen atoms in total. The first-order valence-corrected chi connectivity index (χ1v) is 9.36. The largest absolute Gasteiger partial charge is 0.394 e. The van der Waals surface area contributed by atoms with Crippen molar-refractivity contribution in [2.45, 2.75) is 75.3 Å². The monoisotopic (exact) mass is 428 g/mol. The summed E-state index contributed by atoms with van der Waals surface area (Å²) < 4.78 is 21.5. The molecule has 0 aliphatic carbocycles. The van der Waals surface area contributed by atoms with Crippen molar-refractivity contribution in [3.8, 4) is 0 Å². The number of aliphatic hydroxyl groups is 8. The Hall–Kier alpha value is -0.480. The van der Waals surface area contributed by atoms with Gasteiger partial charge in [0.2, 0.25) is 0 Å². The van der Waals surface area contributed by atoms with Gasteiger partial charge in [-0.1, -0.05) is 13.8 Å². The topological polar surface area (TPSA) is 199 Å². The molecule has 2 fully saturated rings. The highest BCUT2D eigenvalue weighted by Gasteiger charge is 2.46. The molecule has 8 N–H and O–H groups in total. The molecule has 2 aliphatic heterocycles. The molecule has 29 heavy (non-hydrogen) atoms. The molecule has 0 aromatic rings. The van der Waals surface area contributed by atoms with Crippen molar-refractivity contribution >= 4 is 0 Å². The van der Waals surface area contributed by atoms with Crippen LogP contribution < -0.4 is 0 Å². The van der Waals surface area contributed by atoms with Gasteiger partial charge in [-0.25, -0.2) is 0 Å². The average molecular weight is 428 g/mol. The molecule has 10 atom stereocenters. The molecular formula is C17H32O12. The second-order valence-corrected chi connectivity index (χ2v) is 8.18. The molecule has 2 heterocycles. The third-order valence-corrected chi connectivity index (χ3v) is 4.97. The Balaban J connectivity index is 1.88. The number of ether oxygens (including phenoxy) is 4. The lowest BCUT2D eigenvalue weighted by atomic mass is 9.95. The summed E-state index contributed by atoms with van der Waals surface area (Å²) in [5, 5.41) is 77.5. The minimum absolute atomic E-state index is 0.0485. The molecule has 0 amide bonds. The van der Waals surface area contributed by atoms with Crippen LogP contribution in [-0.2, 0) is 18.9 Å². The third kappa shape index (κ3) is 5.81. The van der Waals surface area contributed by atoms with Crippen LogP contribution in [0.1, 0.15) is 13.8 Å². The van der Waals surface area contributed by atoms with Crippen LogP contribution in [0.4, 0.5) is 0 Å². The van der Waals surface area contributed by atoms with Gasteiger partial charge in [-0.2, -0.15) is 0 Å². The summed E-state index contributed by atoms with van der Waals surface area (Å²) in [4.78, 5) is 0. The lowest BCUT2D eigenvalue weighted by Crippen LogP contribution is -2.60. The van der Waals surface area contributed by atoms with Crippen molar-refractivity contribution < 1.29 is 59.8 Å². The van der Waals surface area contributed by atoms with Gasteiger partial charge in [0.05, 0.1) is 26.4 Å². The molecular weight excluding hydrogens is 396 g/mol. The van der Waals surface area contributed by atoms with E-state index in [1.54, 1.807) is 13.8 Å². The summed E-state index contributed by atoms with van der Waals surface area (Å²) >= 11 is 0. The van der Waals surface area contributed by atoms with Gasteiger partial charge >= 0.3 is 0 Å². The zero-order valence-electron chi connectivity index (χ0n) is 16.3. The van der Waals surface area contributed by atoms with Crippen molar-refractivity contribution in [2.24, 2.45) is 5.41 Å². The van der Waals surface area contributed by atoms with Crippen molar-refractivity contribution in [3.05, 3.63) is 0 Å². The summed E-state index contributed by atoms with van der Waals surface area (Å²) in [7, 11) is 0. The van der Waals surface area contributed by atoms with Gasteiger partial charge in [-0.15, -0.1) is 0 Å². The van der Waals surface area contributed by atoms with Crippen LogP contribution >= 0.6 is 0 Å². The van der Waals surface area contributed by atoms with Crippen molar-refractivity contribution in [1.82, 2.24) is 0 Å². The molecule has 0 radical (unpaired) electrons. The summed E-state index contributed by atoms with van der Waals surface area (Å²) in [5.41, 5.74) is -0.725. The Kier molecular flexibility index (Phi) is 8.73. The molecule has 0 aromatic carbocycles. The van der Waals surface area contributed by atoms with E-state index in [0.717, 1.165) is 0 Å². The van der Waals surface area contributed by atoms with E-state index >= 15 is 0 Å². The Morgan fingerprint density at radius 1 is 0.621 bits per heavy atom. The quantitative estimate of drug-likeness (QED) is 0.185. The Morgan fingerprint density at radius 3 is 1.28 bits per heavy atom. The first-order valence-electron chi connectivity index (χ1n) is 9.36. The first kappa shape index (κ1) is 24.8. The predicted molar refractivity (Wildman–Crippen MR) is 93.2 cm³/mol. The van der Waals surface area contributed by atoms with Crippen LogP contribution in [0.25, 0.3) is 0 Å². The Morgan fingerprint density at radius 2 is 0.966 bits per heavy atom. The van der Waals surface area contributed by atoms with Crippen LogP contribution in [0.5, 0.6) is 0 Å². The fraction of sp³-hybridized carbons (Fsp3) is 1.00.